The minimum absolute atomic E-state index is 0.0395. The number of carboxylic acid groups (broad SMARTS) is 1. The van der Waals surface area contributed by atoms with E-state index in [4.69, 9.17) is 0 Å². The van der Waals surface area contributed by atoms with Crippen molar-refractivity contribution < 1.29 is 14.7 Å². The molecule has 0 aliphatic heterocycles. The summed E-state index contributed by atoms with van der Waals surface area (Å²) < 4.78 is 2.03. The van der Waals surface area contributed by atoms with Crippen molar-refractivity contribution in [3.63, 3.8) is 0 Å². The van der Waals surface area contributed by atoms with Gasteiger partial charge in [0.05, 0.1) is 0 Å². The Bertz CT molecular complexity index is 799. The van der Waals surface area contributed by atoms with Gasteiger partial charge in [0.15, 0.2) is 5.78 Å². The van der Waals surface area contributed by atoms with E-state index >= 15 is 0 Å². The molecule has 1 aromatic carbocycles. The molecule has 1 aliphatic carbocycles. The first kappa shape index (κ1) is 20.6. The number of para-hydroxylation sites is 1. The minimum atomic E-state index is -1.02. The van der Waals surface area contributed by atoms with E-state index in [1.807, 2.05) is 35.0 Å². The van der Waals surface area contributed by atoms with Crippen LogP contribution in [0.3, 0.4) is 0 Å². The highest BCUT2D eigenvalue weighted by Crippen LogP contribution is 2.35. The fourth-order valence-corrected chi connectivity index (χ4v) is 4.64. The Hall–Kier alpha value is -2.10. The first-order valence-corrected chi connectivity index (χ1v) is 10.9. The van der Waals surface area contributed by atoms with E-state index in [0.29, 0.717) is 13.0 Å². The zero-order valence-electron chi connectivity index (χ0n) is 17.0. The number of carbonyl (C=O) groups excluding carboxylic acids is 2. The lowest BCUT2D eigenvalue weighted by Gasteiger charge is -2.27. The topological polar surface area (TPSA) is 62.1 Å². The van der Waals surface area contributed by atoms with Gasteiger partial charge in [0.1, 0.15) is 0 Å². The lowest BCUT2D eigenvalue weighted by Crippen LogP contribution is -2.22. The summed E-state index contributed by atoms with van der Waals surface area (Å²) in [7, 11) is 0. The second kappa shape index (κ2) is 9.90. The zero-order valence-corrected chi connectivity index (χ0v) is 17.0. The van der Waals surface area contributed by atoms with Gasteiger partial charge < -0.3 is 14.5 Å². The molecular weight excluding hydrogens is 350 g/mol. The van der Waals surface area contributed by atoms with Crippen LogP contribution in [0, 0.1) is 11.8 Å². The summed E-state index contributed by atoms with van der Waals surface area (Å²) >= 11 is 0. The summed E-state index contributed by atoms with van der Waals surface area (Å²) in [5.74, 6) is 0.164. The number of fused-ring (bicyclic) bond motifs is 1. The molecule has 1 heterocycles. The van der Waals surface area contributed by atoms with Crippen LogP contribution in [0.5, 0.6) is 0 Å². The molecule has 0 radical (unpaired) electrons. The van der Waals surface area contributed by atoms with Crippen molar-refractivity contribution in [1.29, 1.82) is 0 Å². The quantitative estimate of drug-likeness (QED) is 0.440. The molecule has 0 bridgehead atoms. The van der Waals surface area contributed by atoms with Gasteiger partial charge in [-0.1, -0.05) is 50.8 Å². The normalized spacial score (nSPS) is 19.8. The number of hydrogen-bond acceptors (Lipinski definition) is 3. The van der Waals surface area contributed by atoms with E-state index in [-0.39, 0.29) is 18.1 Å². The van der Waals surface area contributed by atoms with Crippen LogP contribution in [0.25, 0.3) is 10.9 Å². The molecule has 0 unspecified atom stereocenters. The van der Waals surface area contributed by atoms with Crippen LogP contribution >= 0.6 is 0 Å². The van der Waals surface area contributed by atoms with Crippen LogP contribution in [0.4, 0.5) is 0 Å². The molecule has 1 saturated carbocycles. The smallest absolute Gasteiger partial charge is 0.168 e. The summed E-state index contributed by atoms with van der Waals surface area (Å²) in [6.45, 7) is 2.83. The van der Waals surface area contributed by atoms with Crippen LogP contribution < -0.4 is 5.11 Å². The van der Waals surface area contributed by atoms with Crippen molar-refractivity contribution in [2.75, 3.05) is 0 Å². The van der Waals surface area contributed by atoms with Crippen LogP contribution in [-0.2, 0) is 11.3 Å². The Morgan fingerprint density at radius 2 is 1.82 bits per heavy atom. The zero-order chi connectivity index (χ0) is 19.9. The lowest BCUT2D eigenvalue weighted by molar-refractivity contribution is -0.305. The number of aliphatic carboxylic acids is 1. The van der Waals surface area contributed by atoms with E-state index in [0.717, 1.165) is 35.2 Å². The molecule has 28 heavy (non-hydrogen) atoms. The average molecular weight is 383 g/mol. The number of rotatable bonds is 10. The molecule has 152 valence electrons. The van der Waals surface area contributed by atoms with Crippen LogP contribution in [0.15, 0.2) is 30.5 Å². The van der Waals surface area contributed by atoms with Gasteiger partial charge in [-0.3, -0.25) is 4.79 Å². The number of carboxylic acids is 1. The van der Waals surface area contributed by atoms with Crippen LogP contribution in [0.1, 0.15) is 81.5 Å². The van der Waals surface area contributed by atoms with Gasteiger partial charge in [-0.25, -0.2) is 0 Å². The number of unbranched alkanes of at least 4 members (excludes halogenated alkanes) is 2. The third-order valence-electron chi connectivity index (χ3n) is 6.27. The molecule has 2 aromatic rings. The number of nitrogens with zero attached hydrogens (tertiary/aromatic N) is 1. The molecule has 1 aliphatic rings. The van der Waals surface area contributed by atoms with Gasteiger partial charge in [0.25, 0.3) is 0 Å². The Kier molecular flexibility index (Phi) is 7.30. The fourth-order valence-electron chi connectivity index (χ4n) is 4.64. The monoisotopic (exact) mass is 382 g/mol. The minimum Gasteiger partial charge on any atom is -0.550 e. The molecule has 0 N–H and O–H groups in total. The van der Waals surface area contributed by atoms with Gasteiger partial charge >= 0.3 is 0 Å². The molecule has 0 atom stereocenters. The Labute approximate surface area is 167 Å². The molecule has 4 nitrogen and oxygen atoms in total. The number of aromatic nitrogens is 1. The highest BCUT2D eigenvalue weighted by Gasteiger charge is 2.28. The van der Waals surface area contributed by atoms with Crippen molar-refractivity contribution >= 4 is 22.7 Å². The molecule has 3 rings (SSSR count). The predicted octanol–water partition coefficient (Wildman–Crippen LogP) is 4.74. The predicted molar refractivity (Wildman–Crippen MR) is 110 cm³/mol. The standard InChI is InChI=1S/C24H33NO3/c1-2-3-4-8-18-12-14-19(15-13-18)24(28)21-17-25(16-7-11-23(26)27)22-10-6-5-9-20(21)22/h5-6,9-10,17-19H,2-4,7-8,11-16H2,1H3,(H,26,27)/p-1. The van der Waals surface area contributed by atoms with E-state index < -0.39 is 5.97 Å². The van der Waals surface area contributed by atoms with Crippen molar-refractivity contribution in [3.05, 3.63) is 36.0 Å². The molecular formula is C24H32NO3-. The van der Waals surface area contributed by atoms with Crippen molar-refractivity contribution in [2.24, 2.45) is 11.8 Å². The van der Waals surface area contributed by atoms with Gasteiger partial charge in [0, 0.05) is 41.1 Å². The number of hydrogen-bond donors (Lipinski definition) is 0. The second-order valence-electron chi connectivity index (χ2n) is 8.31. The van der Waals surface area contributed by atoms with E-state index in [2.05, 4.69) is 6.92 Å². The van der Waals surface area contributed by atoms with Crippen LogP contribution in [-0.4, -0.2) is 16.3 Å². The second-order valence-corrected chi connectivity index (χ2v) is 8.31. The Morgan fingerprint density at radius 3 is 2.54 bits per heavy atom. The third-order valence-corrected chi connectivity index (χ3v) is 6.27. The van der Waals surface area contributed by atoms with Crippen molar-refractivity contribution in [2.45, 2.75) is 77.7 Å². The number of carbonyl (C=O) groups is 2. The lowest BCUT2D eigenvalue weighted by atomic mass is 9.77. The Morgan fingerprint density at radius 1 is 1.07 bits per heavy atom. The van der Waals surface area contributed by atoms with Gasteiger partial charge in [-0.05, 0) is 50.5 Å². The summed E-state index contributed by atoms with van der Waals surface area (Å²) in [6, 6.07) is 7.95. The first-order valence-electron chi connectivity index (χ1n) is 10.9. The third kappa shape index (κ3) is 5.03. The van der Waals surface area contributed by atoms with Gasteiger partial charge in [-0.2, -0.15) is 0 Å². The first-order chi connectivity index (χ1) is 13.6. The number of ketones is 1. The van der Waals surface area contributed by atoms with E-state index in [9.17, 15) is 14.7 Å². The number of benzene rings is 1. The summed E-state index contributed by atoms with van der Waals surface area (Å²) in [5.41, 5.74) is 1.82. The van der Waals surface area contributed by atoms with E-state index in [1.54, 1.807) is 0 Å². The van der Waals surface area contributed by atoms with Gasteiger partial charge in [0.2, 0.25) is 0 Å². The maximum absolute atomic E-state index is 13.3. The summed E-state index contributed by atoms with van der Waals surface area (Å²) in [5, 5.41) is 11.7. The molecule has 4 heteroatoms. The highest BCUT2D eigenvalue weighted by atomic mass is 16.4. The highest BCUT2D eigenvalue weighted by molar-refractivity contribution is 6.09. The summed E-state index contributed by atoms with van der Waals surface area (Å²) in [4.78, 5) is 24.0. The van der Waals surface area contributed by atoms with Crippen LogP contribution in [0.2, 0.25) is 0 Å². The maximum atomic E-state index is 13.3. The maximum Gasteiger partial charge on any atom is 0.168 e. The molecule has 1 fully saturated rings. The Balaban J connectivity index is 1.67. The van der Waals surface area contributed by atoms with Crippen molar-refractivity contribution in [3.8, 4) is 0 Å². The summed E-state index contributed by atoms with van der Waals surface area (Å²) in [6.07, 6.45) is 12.0. The molecule has 0 spiro atoms. The number of Topliss-reactive ketones (excluding diaryl/α,β-unsaturated/α-hetero) is 1. The largest absolute Gasteiger partial charge is 0.550 e. The molecule has 0 saturated heterocycles. The van der Waals surface area contributed by atoms with E-state index in [1.165, 1.54) is 38.5 Å². The average Bonchev–Trinajstić information content (AvgIpc) is 3.07. The molecule has 1 aromatic heterocycles. The fraction of sp³-hybridized carbons (Fsp3) is 0.583. The van der Waals surface area contributed by atoms with Gasteiger partial charge in [-0.15, -0.1) is 0 Å². The molecule has 0 amide bonds. The van der Waals surface area contributed by atoms with Crippen molar-refractivity contribution in [1.82, 2.24) is 4.57 Å². The SMILES string of the molecule is CCCCCC1CCC(C(=O)c2cn(CCCC(=O)[O-])c3ccccc23)CC1. The number of aryl methyl sites for hydroxylation is 1.